The molecule has 1 saturated heterocycles. The van der Waals surface area contributed by atoms with Gasteiger partial charge in [0.25, 0.3) is 5.91 Å². The highest BCUT2D eigenvalue weighted by molar-refractivity contribution is 6.00. The highest BCUT2D eigenvalue weighted by atomic mass is 16.5. The van der Waals surface area contributed by atoms with Gasteiger partial charge in [-0.3, -0.25) is 4.79 Å². The fourth-order valence-corrected chi connectivity index (χ4v) is 2.90. The van der Waals surface area contributed by atoms with E-state index in [1.54, 1.807) is 13.8 Å². The summed E-state index contributed by atoms with van der Waals surface area (Å²) in [5, 5.41) is 6.34. The Morgan fingerprint density at radius 1 is 1.30 bits per heavy atom. The summed E-state index contributed by atoms with van der Waals surface area (Å²) in [5.41, 5.74) is 1.30. The highest BCUT2D eigenvalue weighted by Crippen LogP contribution is 2.35. The summed E-state index contributed by atoms with van der Waals surface area (Å²) in [5.74, 6) is 1.43. The zero-order valence-electron chi connectivity index (χ0n) is 12.2. The van der Waals surface area contributed by atoms with E-state index < -0.39 is 5.60 Å². The Kier molecular flexibility index (Phi) is 3.42. The van der Waals surface area contributed by atoms with Crippen LogP contribution in [0.3, 0.4) is 0 Å². The van der Waals surface area contributed by atoms with E-state index in [4.69, 9.17) is 4.74 Å². The normalized spacial score (nSPS) is 21.8. The van der Waals surface area contributed by atoms with E-state index in [9.17, 15) is 4.79 Å². The third-order valence-corrected chi connectivity index (χ3v) is 4.19. The molecule has 0 aromatic heterocycles. The largest absolute Gasteiger partial charge is 0.476 e. The lowest BCUT2D eigenvalue weighted by molar-refractivity contribution is -0.129. The number of amides is 1. The summed E-state index contributed by atoms with van der Waals surface area (Å²) in [6.45, 7) is 5.80. The van der Waals surface area contributed by atoms with Gasteiger partial charge in [0, 0.05) is 0 Å². The second kappa shape index (κ2) is 5.09. The van der Waals surface area contributed by atoms with Crippen LogP contribution in [0.15, 0.2) is 18.2 Å². The summed E-state index contributed by atoms with van der Waals surface area (Å²) < 4.78 is 5.75. The van der Waals surface area contributed by atoms with Crippen LogP contribution in [0.2, 0.25) is 0 Å². The number of piperidine rings is 1. The Morgan fingerprint density at radius 3 is 2.80 bits per heavy atom. The first-order chi connectivity index (χ1) is 9.54. The van der Waals surface area contributed by atoms with E-state index in [1.165, 1.54) is 18.4 Å². The molecular weight excluding hydrogens is 252 g/mol. The van der Waals surface area contributed by atoms with Crippen LogP contribution in [0.5, 0.6) is 5.75 Å². The molecule has 2 aliphatic rings. The number of carbonyl (C=O) groups excluding carboxylic acids is 1. The molecule has 2 N–H and O–H groups in total. The van der Waals surface area contributed by atoms with Crippen LogP contribution < -0.4 is 15.4 Å². The smallest absolute Gasteiger partial charge is 0.268 e. The molecule has 1 aromatic rings. The van der Waals surface area contributed by atoms with Gasteiger partial charge in [0.15, 0.2) is 5.60 Å². The molecule has 0 atom stereocenters. The number of carbonyl (C=O) groups is 1. The Balaban J connectivity index is 1.76. The first-order valence-electron chi connectivity index (χ1n) is 7.39. The van der Waals surface area contributed by atoms with E-state index >= 15 is 0 Å². The predicted octanol–water partition coefficient (Wildman–Crippen LogP) is 2.34. The molecule has 0 saturated carbocycles. The van der Waals surface area contributed by atoms with Gasteiger partial charge in [0.1, 0.15) is 5.75 Å². The molecule has 2 aliphatic heterocycles. The van der Waals surface area contributed by atoms with Gasteiger partial charge in [-0.25, -0.2) is 0 Å². The van der Waals surface area contributed by atoms with Gasteiger partial charge in [-0.05, 0) is 69.8 Å². The minimum absolute atomic E-state index is 0.0796. The van der Waals surface area contributed by atoms with Crippen LogP contribution in [0.1, 0.15) is 32.3 Å². The minimum Gasteiger partial charge on any atom is -0.476 e. The first kappa shape index (κ1) is 13.4. The average Bonchev–Trinajstić information content (AvgIpc) is 2.41. The van der Waals surface area contributed by atoms with E-state index in [0.29, 0.717) is 0 Å². The number of rotatable bonds is 2. The van der Waals surface area contributed by atoms with Gasteiger partial charge < -0.3 is 15.4 Å². The number of nitrogens with one attached hydrogen (secondary N) is 2. The molecule has 0 aliphatic carbocycles. The summed E-state index contributed by atoms with van der Waals surface area (Å²) in [6.07, 6.45) is 3.54. The summed E-state index contributed by atoms with van der Waals surface area (Å²) in [4.78, 5) is 11.9. The van der Waals surface area contributed by atoms with Crippen LogP contribution in [-0.4, -0.2) is 24.6 Å². The summed E-state index contributed by atoms with van der Waals surface area (Å²) in [7, 11) is 0. The standard InChI is InChI=1S/C16H22N2O2/c1-16(2)15(19)18-13-10-12(3-4-14(13)20-16)9-11-5-7-17-8-6-11/h3-4,10-11,17H,5-9H2,1-2H3,(H,18,19). The number of fused-ring (bicyclic) bond motifs is 1. The molecule has 1 aromatic carbocycles. The molecule has 3 rings (SSSR count). The Hall–Kier alpha value is -1.55. The molecule has 4 nitrogen and oxygen atoms in total. The Morgan fingerprint density at radius 2 is 2.05 bits per heavy atom. The van der Waals surface area contributed by atoms with Crippen LogP contribution >= 0.6 is 0 Å². The van der Waals surface area contributed by atoms with Crippen molar-refractivity contribution in [2.45, 2.75) is 38.7 Å². The SMILES string of the molecule is CC1(C)Oc2ccc(CC3CCNCC3)cc2NC1=O. The molecule has 0 bridgehead atoms. The number of hydrogen-bond acceptors (Lipinski definition) is 3. The maximum atomic E-state index is 11.9. The lowest BCUT2D eigenvalue weighted by Crippen LogP contribution is -2.45. The monoisotopic (exact) mass is 274 g/mol. The molecule has 4 heteroatoms. The summed E-state index contributed by atoms with van der Waals surface area (Å²) in [6, 6.07) is 6.16. The Bertz CT molecular complexity index is 519. The maximum absolute atomic E-state index is 11.9. The van der Waals surface area contributed by atoms with Crippen molar-refractivity contribution in [1.29, 1.82) is 0 Å². The highest BCUT2D eigenvalue weighted by Gasteiger charge is 2.35. The number of benzene rings is 1. The third kappa shape index (κ3) is 2.66. The Labute approximate surface area is 119 Å². The molecule has 0 radical (unpaired) electrons. The third-order valence-electron chi connectivity index (χ3n) is 4.19. The van der Waals surface area contributed by atoms with Crippen LogP contribution in [0.25, 0.3) is 0 Å². The van der Waals surface area contributed by atoms with Crippen LogP contribution in [0.4, 0.5) is 5.69 Å². The number of hydrogen-bond donors (Lipinski definition) is 2. The zero-order valence-corrected chi connectivity index (χ0v) is 12.2. The van der Waals surface area contributed by atoms with E-state index in [0.717, 1.165) is 36.9 Å². The minimum atomic E-state index is -0.788. The number of anilines is 1. The fourth-order valence-electron chi connectivity index (χ4n) is 2.90. The van der Waals surface area contributed by atoms with Gasteiger partial charge >= 0.3 is 0 Å². The number of ether oxygens (including phenoxy) is 1. The quantitative estimate of drug-likeness (QED) is 0.870. The van der Waals surface area contributed by atoms with E-state index in [1.807, 2.05) is 6.07 Å². The van der Waals surface area contributed by atoms with Crippen molar-refractivity contribution < 1.29 is 9.53 Å². The molecule has 0 unspecified atom stereocenters. The van der Waals surface area contributed by atoms with Gasteiger partial charge in [-0.1, -0.05) is 6.07 Å². The van der Waals surface area contributed by atoms with Crippen molar-refractivity contribution in [3.63, 3.8) is 0 Å². The second-order valence-corrected chi connectivity index (χ2v) is 6.29. The van der Waals surface area contributed by atoms with Gasteiger partial charge in [-0.2, -0.15) is 0 Å². The predicted molar refractivity (Wildman–Crippen MR) is 79.1 cm³/mol. The van der Waals surface area contributed by atoms with E-state index in [2.05, 4.69) is 22.8 Å². The van der Waals surface area contributed by atoms with Crippen molar-refractivity contribution in [1.82, 2.24) is 5.32 Å². The average molecular weight is 274 g/mol. The molecule has 108 valence electrons. The second-order valence-electron chi connectivity index (χ2n) is 6.29. The zero-order chi connectivity index (χ0) is 14.2. The lowest BCUT2D eigenvalue weighted by atomic mass is 9.90. The van der Waals surface area contributed by atoms with Crippen molar-refractivity contribution >= 4 is 11.6 Å². The molecule has 2 heterocycles. The van der Waals surface area contributed by atoms with Crippen LogP contribution in [0, 0.1) is 5.92 Å². The maximum Gasteiger partial charge on any atom is 0.268 e. The summed E-state index contributed by atoms with van der Waals surface area (Å²) >= 11 is 0. The first-order valence-corrected chi connectivity index (χ1v) is 7.39. The molecule has 1 fully saturated rings. The van der Waals surface area contributed by atoms with E-state index in [-0.39, 0.29) is 5.91 Å². The van der Waals surface area contributed by atoms with Crippen molar-refractivity contribution in [3.05, 3.63) is 23.8 Å². The lowest BCUT2D eigenvalue weighted by Gasteiger charge is -2.32. The van der Waals surface area contributed by atoms with Crippen molar-refractivity contribution in [3.8, 4) is 5.75 Å². The topological polar surface area (TPSA) is 50.4 Å². The van der Waals surface area contributed by atoms with Crippen LogP contribution in [-0.2, 0) is 11.2 Å². The molecule has 20 heavy (non-hydrogen) atoms. The molecule has 0 spiro atoms. The molecule has 1 amide bonds. The van der Waals surface area contributed by atoms with Crippen molar-refractivity contribution in [2.75, 3.05) is 18.4 Å². The molecular formula is C16H22N2O2. The fraction of sp³-hybridized carbons (Fsp3) is 0.562. The van der Waals surface area contributed by atoms with Gasteiger partial charge in [0.2, 0.25) is 0 Å². The van der Waals surface area contributed by atoms with Gasteiger partial charge in [0.05, 0.1) is 5.69 Å². The van der Waals surface area contributed by atoms with Crippen molar-refractivity contribution in [2.24, 2.45) is 5.92 Å². The van der Waals surface area contributed by atoms with Gasteiger partial charge in [-0.15, -0.1) is 0 Å².